The lowest BCUT2D eigenvalue weighted by Gasteiger charge is -2.28. The van der Waals surface area contributed by atoms with Crippen LogP contribution in [0.1, 0.15) is 58.1 Å². The molecule has 0 radical (unpaired) electrons. The zero-order chi connectivity index (χ0) is 24.5. The van der Waals surface area contributed by atoms with Gasteiger partial charge in [0.25, 0.3) is 0 Å². The van der Waals surface area contributed by atoms with Crippen LogP contribution in [0.2, 0.25) is 0 Å². The van der Waals surface area contributed by atoms with Gasteiger partial charge in [0.15, 0.2) is 0 Å². The summed E-state index contributed by atoms with van der Waals surface area (Å²) in [5.41, 5.74) is 8.49. The summed E-state index contributed by atoms with van der Waals surface area (Å²) in [4.78, 5) is 17.7. The number of hydrogen-bond donors (Lipinski definition) is 1. The van der Waals surface area contributed by atoms with Gasteiger partial charge >= 0.3 is 0 Å². The van der Waals surface area contributed by atoms with Crippen LogP contribution in [0, 0.1) is 32.1 Å². The van der Waals surface area contributed by atoms with E-state index in [1.54, 1.807) is 6.08 Å². The van der Waals surface area contributed by atoms with Gasteiger partial charge < -0.3 is 9.88 Å². The third-order valence-electron chi connectivity index (χ3n) is 6.79. The minimum atomic E-state index is -0.237. The van der Waals surface area contributed by atoms with E-state index in [2.05, 4.69) is 40.2 Å². The predicted octanol–water partition coefficient (Wildman–Crippen LogP) is 6.41. The van der Waals surface area contributed by atoms with E-state index in [4.69, 9.17) is 4.98 Å². The fraction of sp³-hybridized carbons (Fsp3) is 0.233. The molecular formula is C30H28N4O. The smallest absolute Gasteiger partial charge is 0.248 e. The number of amides is 1. The molecule has 1 aliphatic rings. The zero-order valence-corrected chi connectivity index (χ0v) is 20.3. The van der Waals surface area contributed by atoms with Gasteiger partial charge in [-0.1, -0.05) is 42.0 Å². The second kappa shape index (κ2) is 9.23. The van der Waals surface area contributed by atoms with E-state index >= 15 is 0 Å². The molecule has 1 amide bonds. The molecule has 5 rings (SSSR count). The Morgan fingerprint density at radius 3 is 2.69 bits per heavy atom. The Morgan fingerprint density at radius 1 is 1.14 bits per heavy atom. The number of nitrogens with zero attached hydrogens (tertiary/aromatic N) is 3. The van der Waals surface area contributed by atoms with Gasteiger partial charge in [-0.05, 0) is 81.0 Å². The van der Waals surface area contributed by atoms with E-state index in [0.29, 0.717) is 5.56 Å². The molecule has 2 aromatic carbocycles. The molecule has 0 spiro atoms. The molecule has 35 heavy (non-hydrogen) atoms. The Kier molecular flexibility index (Phi) is 5.96. The molecular weight excluding hydrogens is 432 g/mol. The molecule has 174 valence electrons. The summed E-state index contributed by atoms with van der Waals surface area (Å²) in [6, 6.07) is 20.7. The van der Waals surface area contributed by atoms with E-state index in [-0.39, 0.29) is 11.9 Å². The Bertz CT molecular complexity index is 1500. The van der Waals surface area contributed by atoms with E-state index in [1.807, 2.05) is 51.1 Å². The van der Waals surface area contributed by atoms with Gasteiger partial charge in [-0.3, -0.25) is 4.79 Å². The van der Waals surface area contributed by atoms with Crippen molar-refractivity contribution in [2.24, 2.45) is 0 Å². The van der Waals surface area contributed by atoms with Crippen molar-refractivity contribution in [3.05, 3.63) is 99.9 Å². The summed E-state index contributed by atoms with van der Waals surface area (Å²) in [7, 11) is 0. The SMILES string of the molecule is Cc1ccc(NC(=O)/C=C/c2c(C#N)c3c(C)cc(C)nc3n2[C@H]2CCCc3ccccc32)cc1. The van der Waals surface area contributed by atoms with Crippen LogP contribution < -0.4 is 5.32 Å². The normalized spacial score (nSPS) is 15.2. The molecule has 0 fully saturated rings. The quantitative estimate of drug-likeness (QED) is 0.358. The maximum absolute atomic E-state index is 12.8. The fourth-order valence-electron chi connectivity index (χ4n) is 5.23. The molecule has 0 aliphatic heterocycles. The van der Waals surface area contributed by atoms with Crippen molar-refractivity contribution >= 4 is 28.7 Å². The van der Waals surface area contributed by atoms with Crippen molar-refractivity contribution < 1.29 is 4.79 Å². The second-order valence-corrected chi connectivity index (χ2v) is 9.32. The third kappa shape index (κ3) is 4.24. The van der Waals surface area contributed by atoms with Crippen LogP contribution >= 0.6 is 0 Å². The molecule has 0 unspecified atom stereocenters. The number of fused-ring (bicyclic) bond motifs is 2. The van der Waals surface area contributed by atoms with Crippen LogP contribution in [0.15, 0.2) is 60.7 Å². The molecule has 1 atom stereocenters. The van der Waals surface area contributed by atoms with E-state index in [9.17, 15) is 10.1 Å². The maximum Gasteiger partial charge on any atom is 0.248 e. The van der Waals surface area contributed by atoms with Gasteiger partial charge in [-0.2, -0.15) is 5.26 Å². The molecule has 5 nitrogen and oxygen atoms in total. The summed E-state index contributed by atoms with van der Waals surface area (Å²) < 4.78 is 2.18. The molecule has 1 aliphatic carbocycles. The van der Waals surface area contributed by atoms with Gasteiger partial charge in [0.05, 0.1) is 17.3 Å². The molecule has 0 bridgehead atoms. The highest BCUT2D eigenvalue weighted by molar-refractivity contribution is 6.03. The van der Waals surface area contributed by atoms with Crippen molar-refractivity contribution in [3.8, 4) is 6.07 Å². The molecule has 0 saturated carbocycles. The number of carbonyl (C=O) groups excluding carboxylic acids is 1. The lowest BCUT2D eigenvalue weighted by Crippen LogP contribution is -2.19. The summed E-state index contributed by atoms with van der Waals surface area (Å²) in [6.45, 7) is 6.01. The first-order valence-electron chi connectivity index (χ1n) is 12.0. The largest absolute Gasteiger partial charge is 0.323 e. The zero-order valence-electron chi connectivity index (χ0n) is 20.3. The first-order valence-corrected chi connectivity index (χ1v) is 12.0. The van der Waals surface area contributed by atoms with Crippen molar-refractivity contribution in [1.82, 2.24) is 9.55 Å². The molecule has 1 N–H and O–H groups in total. The molecule has 4 aromatic rings. The second-order valence-electron chi connectivity index (χ2n) is 9.32. The highest BCUT2D eigenvalue weighted by Crippen LogP contribution is 2.39. The highest BCUT2D eigenvalue weighted by atomic mass is 16.1. The lowest BCUT2D eigenvalue weighted by atomic mass is 9.87. The van der Waals surface area contributed by atoms with Crippen LogP contribution in [0.25, 0.3) is 17.1 Å². The molecule has 2 heterocycles. The number of benzene rings is 2. The van der Waals surface area contributed by atoms with Gasteiger partial charge in [-0.15, -0.1) is 0 Å². The number of nitrogens with one attached hydrogen (secondary N) is 1. The summed E-state index contributed by atoms with van der Waals surface area (Å²) in [5, 5.41) is 14.0. The fourth-order valence-corrected chi connectivity index (χ4v) is 5.23. The topological polar surface area (TPSA) is 70.7 Å². The van der Waals surface area contributed by atoms with E-state index in [1.165, 1.54) is 17.2 Å². The number of anilines is 1. The number of aromatic nitrogens is 2. The first kappa shape index (κ1) is 22.6. The van der Waals surface area contributed by atoms with Gasteiger partial charge in [0, 0.05) is 22.8 Å². The summed E-state index contributed by atoms with van der Waals surface area (Å²) >= 11 is 0. The van der Waals surface area contributed by atoms with Crippen LogP contribution in [0.4, 0.5) is 5.69 Å². The van der Waals surface area contributed by atoms with Crippen molar-refractivity contribution in [3.63, 3.8) is 0 Å². The van der Waals surface area contributed by atoms with Crippen molar-refractivity contribution in [1.29, 1.82) is 5.26 Å². The molecule has 2 aromatic heterocycles. The van der Waals surface area contributed by atoms with Crippen LogP contribution in [0.3, 0.4) is 0 Å². The average molecular weight is 461 g/mol. The predicted molar refractivity (Wildman–Crippen MR) is 140 cm³/mol. The number of aryl methyl sites for hydroxylation is 4. The minimum Gasteiger partial charge on any atom is -0.323 e. The third-order valence-corrected chi connectivity index (χ3v) is 6.79. The number of hydrogen-bond acceptors (Lipinski definition) is 3. The van der Waals surface area contributed by atoms with Crippen molar-refractivity contribution in [2.45, 2.75) is 46.1 Å². The Morgan fingerprint density at radius 2 is 1.91 bits per heavy atom. The standard InChI is InChI=1S/C30H28N4O/c1-19-11-13-23(14-12-19)33-28(35)16-15-27-25(18-31)29-20(2)17-21(3)32-30(29)34(27)26-10-6-8-22-7-4-5-9-24(22)26/h4-5,7,9,11-17,26H,6,8,10H2,1-3H3,(H,33,35)/b16-15+/t26-/m0/s1. The van der Waals surface area contributed by atoms with E-state index in [0.717, 1.165) is 58.5 Å². The Labute approximate surface area is 205 Å². The van der Waals surface area contributed by atoms with Crippen LogP contribution in [-0.4, -0.2) is 15.5 Å². The summed E-state index contributed by atoms with van der Waals surface area (Å²) in [5.74, 6) is -0.237. The van der Waals surface area contributed by atoms with Crippen molar-refractivity contribution in [2.75, 3.05) is 5.32 Å². The highest BCUT2D eigenvalue weighted by Gasteiger charge is 2.28. The average Bonchev–Trinajstić information content (AvgIpc) is 3.17. The number of rotatable bonds is 4. The minimum absolute atomic E-state index is 0.0538. The number of pyridine rings is 1. The summed E-state index contributed by atoms with van der Waals surface area (Å²) in [6.07, 6.45) is 6.35. The van der Waals surface area contributed by atoms with Gasteiger partial charge in [-0.25, -0.2) is 4.98 Å². The number of nitriles is 1. The van der Waals surface area contributed by atoms with Gasteiger partial charge in [0.2, 0.25) is 5.91 Å². The number of carbonyl (C=O) groups is 1. The van der Waals surface area contributed by atoms with Gasteiger partial charge in [0.1, 0.15) is 11.7 Å². The first-order chi connectivity index (χ1) is 17.0. The molecule has 5 heteroatoms. The van der Waals surface area contributed by atoms with Crippen LogP contribution in [0.5, 0.6) is 0 Å². The van der Waals surface area contributed by atoms with Crippen LogP contribution in [-0.2, 0) is 11.2 Å². The Hall–Kier alpha value is -4.17. The van der Waals surface area contributed by atoms with E-state index < -0.39 is 0 Å². The maximum atomic E-state index is 12.8. The molecule has 0 saturated heterocycles. The Balaban J connectivity index is 1.65. The monoisotopic (exact) mass is 460 g/mol. The lowest BCUT2D eigenvalue weighted by molar-refractivity contribution is -0.111.